The van der Waals surface area contributed by atoms with Crippen LogP contribution in [-0.2, 0) is 28.6 Å². The minimum absolute atomic E-state index is 0.264. The number of ether oxygens (including phenoxy) is 3. The minimum Gasteiger partial charge on any atom is -0.463 e. The Hall–Kier alpha value is -1.73. The maximum absolute atomic E-state index is 16.0. The van der Waals surface area contributed by atoms with Gasteiger partial charge < -0.3 is 14.2 Å². The quantitative estimate of drug-likeness (QED) is 0.440. The van der Waals surface area contributed by atoms with Crippen molar-refractivity contribution in [1.82, 2.24) is 0 Å². The molecule has 6 nitrogen and oxygen atoms in total. The first-order valence-electron chi connectivity index (χ1n) is 12.2. The van der Waals surface area contributed by atoms with Crippen molar-refractivity contribution < 1.29 is 37.4 Å². The van der Waals surface area contributed by atoms with Gasteiger partial charge in [-0.05, 0) is 55.8 Å². The molecule has 4 rings (SSSR count). The third-order valence-electron chi connectivity index (χ3n) is 9.45. The second kappa shape index (κ2) is 8.19. The van der Waals surface area contributed by atoms with Crippen LogP contribution in [0.25, 0.3) is 0 Å². The lowest BCUT2D eigenvalue weighted by molar-refractivity contribution is -0.265. The smallest absolute Gasteiger partial charge is 0.302 e. The second-order valence-corrected chi connectivity index (χ2v) is 11.4. The largest absolute Gasteiger partial charge is 0.463 e. The molecule has 0 aromatic carbocycles. The van der Waals surface area contributed by atoms with Crippen LogP contribution >= 0.6 is 0 Å². The highest BCUT2D eigenvalue weighted by Crippen LogP contribution is 2.70. The van der Waals surface area contributed by atoms with Crippen molar-refractivity contribution in [2.45, 2.75) is 104 Å². The van der Waals surface area contributed by atoms with Crippen LogP contribution < -0.4 is 0 Å². The molecular weight excluding hydrogens is 434 g/mol. The highest BCUT2D eigenvalue weighted by atomic mass is 19.3. The summed E-state index contributed by atoms with van der Waals surface area (Å²) in [7, 11) is 0. The summed E-state index contributed by atoms with van der Waals surface area (Å²) in [6.45, 7) is 8.02. The number of carbonyl (C=O) groups excluding carboxylic acids is 3. The number of fused-ring (bicyclic) bond motifs is 5. The van der Waals surface area contributed by atoms with Crippen molar-refractivity contribution in [2.24, 2.45) is 34.5 Å². The van der Waals surface area contributed by atoms with Crippen molar-refractivity contribution in [3.8, 4) is 0 Å². The van der Waals surface area contributed by atoms with E-state index in [-0.39, 0.29) is 30.3 Å². The summed E-state index contributed by atoms with van der Waals surface area (Å²) in [6, 6.07) is 0. The lowest BCUT2D eigenvalue weighted by Crippen LogP contribution is -2.65. The molecule has 0 bridgehead atoms. The summed E-state index contributed by atoms with van der Waals surface area (Å²) in [5.41, 5.74) is -1.07. The van der Waals surface area contributed by atoms with Crippen LogP contribution in [0.4, 0.5) is 8.78 Å². The fourth-order valence-electron chi connectivity index (χ4n) is 8.09. The number of rotatable bonds is 3. The second-order valence-electron chi connectivity index (χ2n) is 11.4. The number of esters is 3. The molecule has 0 spiro atoms. The lowest BCUT2D eigenvalue weighted by Gasteiger charge is -2.63. The predicted octanol–water partition coefficient (Wildman–Crippen LogP) is 4.68. The van der Waals surface area contributed by atoms with Gasteiger partial charge in [0.05, 0.1) is 0 Å². The predicted molar refractivity (Wildman–Crippen MR) is 114 cm³/mol. The van der Waals surface area contributed by atoms with E-state index >= 15 is 8.78 Å². The Morgan fingerprint density at radius 3 is 2.00 bits per heavy atom. The fourth-order valence-corrected chi connectivity index (χ4v) is 8.09. The number of halogens is 2. The van der Waals surface area contributed by atoms with E-state index in [9.17, 15) is 14.4 Å². The molecular formula is C25H36F2O6. The van der Waals surface area contributed by atoms with E-state index in [1.807, 2.05) is 6.92 Å². The zero-order valence-corrected chi connectivity index (χ0v) is 20.2. The Bertz CT molecular complexity index is 830. The summed E-state index contributed by atoms with van der Waals surface area (Å²) < 4.78 is 48.8. The van der Waals surface area contributed by atoms with Gasteiger partial charge in [-0.15, -0.1) is 0 Å². The van der Waals surface area contributed by atoms with E-state index < -0.39 is 52.7 Å². The maximum Gasteiger partial charge on any atom is 0.302 e. The molecule has 0 N–H and O–H groups in total. The van der Waals surface area contributed by atoms with E-state index in [1.165, 1.54) is 20.8 Å². The topological polar surface area (TPSA) is 78.9 Å². The van der Waals surface area contributed by atoms with Crippen LogP contribution in [0, 0.1) is 34.5 Å². The highest BCUT2D eigenvalue weighted by molar-refractivity contribution is 5.67. The Morgan fingerprint density at radius 2 is 1.39 bits per heavy atom. The first-order valence-corrected chi connectivity index (χ1v) is 12.2. The van der Waals surface area contributed by atoms with Gasteiger partial charge in [-0.3, -0.25) is 14.4 Å². The average Bonchev–Trinajstić information content (AvgIpc) is 2.99. The van der Waals surface area contributed by atoms with Gasteiger partial charge in [-0.1, -0.05) is 13.8 Å². The van der Waals surface area contributed by atoms with Crippen LogP contribution in [0.2, 0.25) is 0 Å². The maximum atomic E-state index is 16.0. The standard InChI is InChI=1S/C25H36F2O6/c1-13(28)31-17-6-8-23(4)16(10-17)12-25(26,27)21-18(23)11-20(33-15(3)30)24(5)9-7-19(22(21)24)32-14(2)29/h16-22H,6-12H2,1-5H3/t16-,17+,18+,19+,20-,21-,22+,23+,24+/m1/s1. The molecule has 4 saturated carbocycles. The normalized spacial score (nSPS) is 45.7. The molecule has 33 heavy (non-hydrogen) atoms. The van der Waals surface area contributed by atoms with Crippen molar-refractivity contribution in [2.75, 3.05) is 0 Å². The number of hydrogen-bond acceptors (Lipinski definition) is 6. The Labute approximate surface area is 194 Å². The summed E-state index contributed by atoms with van der Waals surface area (Å²) in [6.07, 6.45) is 1.45. The SMILES string of the molecule is CC(=O)O[C@H]1CC[C@@]2(C)[C@H](C1)CC(F)(F)[C@H]1[C@@H]3[C@@H](OC(C)=O)CC[C@@]3(C)[C@H](OC(C)=O)C[C@@H]12. The van der Waals surface area contributed by atoms with Crippen LogP contribution in [-0.4, -0.2) is 42.1 Å². The van der Waals surface area contributed by atoms with Crippen molar-refractivity contribution in [3.05, 3.63) is 0 Å². The monoisotopic (exact) mass is 470 g/mol. The van der Waals surface area contributed by atoms with Gasteiger partial charge in [0.1, 0.15) is 18.3 Å². The van der Waals surface area contributed by atoms with Crippen molar-refractivity contribution in [1.29, 1.82) is 0 Å². The molecule has 0 heterocycles. The van der Waals surface area contributed by atoms with E-state index in [4.69, 9.17) is 14.2 Å². The molecule has 0 saturated heterocycles. The zero-order chi connectivity index (χ0) is 24.3. The third kappa shape index (κ3) is 4.05. The summed E-state index contributed by atoms with van der Waals surface area (Å²) in [4.78, 5) is 35.3. The van der Waals surface area contributed by atoms with Gasteiger partial charge in [0.2, 0.25) is 0 Å². The summed E-state index contributed by atoms with van der Waals surface area (Å²) in [5, 5.41) is 0. The molecule has 4 fully saturated rings. The molecule has 4 aliphatic carbocycles. The molecule has 0 amide bonds. The minimum atomic E-state index is -2.96. The first kappa shape index (κ1) is 24.4. The van der Waals surface area contributed by atoms with E-state index in [0.717, 1.165) is 0 Å². The van der Waals surface area contributed by atoms with Gasteiger partial charge in [-0.2, -0.15) is 0 Å². The Morgan fingerprint density at radius 1 is 0.788 bits per heavy atom. The van der Waals surface area contributed by atoms with Crippen molar-refractivity contribution >= 4 is 17.9 Å². The number of alkyl halides is 2. The van der Waals surface area contributed by atoms with Crippen LogP contribution in [0.3, 0.4) is 0 Å². The Kier molecular flexibility index (Phi) is 6.06. The van der Waals surface area contributed by atoms with Crippen LogP contribution in [0.1, 0.15) is 79.6 Å². The van der Waals surface area contributed by atoms with Crippen LogP contribution in [0.15, 0.2) is 0 Å². The van der Waals surface area contributed by atoms with E-state index in [0.29, 0.717) is 38.5 Å². The lowest BCUT2D eigenvalue weighted by atomic mass is 9.43. The average molecular weight is 471 g/mol. The fraction of sp³-hybridized carbons (Fsp3) is 0.880. The van der Waals surface area contributed by atoms with Gasteiger partial charge >= 0.3 is 17.9 Å². The highest BCUT2D eigenvalue weighted by Gasteiger charge is 2.71. The van der Waals surface area contributed by atoms with E-state index in [1.54, 1.807) is 0 Å². The third-order valence-corrected chi connectivity index (χ3v) is 9.45. The molecule has 8 heteroatoms. The summed E-state index contributed by atoms with van der Waals surface area (Å²) in [5.74, 6) is -6.45. The Balaban J connectivity index is 1.74. The molecule has 4 aliphatic rings. The van der Waals surface area contributed by atoms with E-state index in [2.05, 4.69) is 6.92 Å². The van der Waals surface area contributed by atoms with Gasteiger partial charge in [-0.25, -0.2) is 8.78 Å². The zero-order valence-electron chi connectivity index (χ0n) is 20.2. The number of hydrogen-bond donors (Lipinski definition) is 0. The first-order chi connectivity index (χ1) is 15.3. The van der Waals surface area contributed by atoms with Crippen molar-refractivity contribution in [3.63, 3.8) is 0 Å². The van der Waals surface area contributed by atoms with Gasteiger partial charge in [0.15, 0.2) is 0 Å². The molecule has 0 aromatic rings. The van der Waals surface area contributed by atoms with Gasteiger partial charge in [0.25, 0.3) is 5.92 Å². The van der Waals surface area contributed by atoms with Gasteiger partial charge in [0, 0.05) is 44.4 Å². The molecule has 0 aromatic heterocycles. The molecule has 0 unspecified atom stereocenters. The molecule has 186 valence electrons. The number of carbonyl (C=O) groups is 3. The molecule has 0 aliphatic heterocycles. The van der Waals surface area contributed by atoms with Crippen LogP contribution in [0.5, 0.6) is 0 Å². The molecule has 9 atom stereocenters. The summed E-state index contributed by atoms with van der Waals surface area (Å²) >= 11 is 0. The molecule has 0 radical (unpaired) electrons.